The Kier molecular flexibility index (Phi) is 5.38. The van der Waals surface area contributed by atoms with Crippen LogP contribution in [0.15, 0.2) is 90.3 Å². The average molecular weight is 379 g/mol. The van der Waals surface area contributed by atoms with Crippen molar-refractivity contribution in [2.75, 3.05) is 4.72 Å². The van der Waals surface area contributed by atoms with Crippen molar-refractivity contribution in [3.63, 3.8) is 0 Å². The molecular formula is C21H17NO4S. The first-order valence-corrected chi connectivity index (χ1v) is 9.59. The Balaban J connectivity index is 1.68. The largest absolute Gasteiger partial charge is 0.423 e. The summed E-state index contributed by atoms with van der Waals surface area (Å²) in [5.74, 6) is -0.182. The number of carbonyl (C=O) groups is 1. The van der Waals surface area contributed by atoms with Gasteiger partial charge in [0.1, 0.15) is 5.75 Å². The lowest BCUT2D eigenvalue weighted by molar-refractivity contribution is 0.0735. The fraction of sp³-hybridized carbons (Fsp3) is 0. The van der Waals surface area contributed by atoms with E-state index in [1.807, 2.05) is 0 Å². The Morgan fingerprint density at radius 1 is 0.889 bits per heavy atom. The standard InChI is InChI=1S/C21H17NO4S/c1-2-16-8-10-17(11-9-16)21(23)26-19-14-12-18(13-15-19)22-27(24,25)20-6-4-3-5-7-20/h2-15,22H,1H2. The number of hydrogen-bond acceptors (Lipinski definition) is 4. The van der Waals surface area contributed by atoms with E-state index in [2.05, 4.69) is 11.3 Å². The van der Waals surface area contributed by atoms with Gasteiger partial charge in [-0.2, -0.15) is 0 Å². The maximum absolute atomic E-state index is 12.3. The van der Waals surface area contributed by atoms with Crippen LogP contribution in [0, 0.1) is 0 Å². The van der Waals surface area contributed by atoms with Crippen LogP contribution < -0.4 is 9.46 Å². The second kappa shape index (κ2) is 7.88. The van der Waals surface area contributed by atoms with Gasteiger partial charge in [-0.3, -0.25) is 4.72 Å². The third-order valence-corrected chi connectivity index (χ3v) is 5.15. The summed E-state index contributed by atoms with van der Waals surface area (Å²) in [5.41, 5.74) is 1.69. The number of anilines is 1. The molecule has 0 unspecified atom stereocenters. The minimum atomic E-state index is -3.66. The predicted molar refractivity (Wildman–Crippen MR) is 105 cm³/mol. The first kappa shape index (κ1) is 18.4. The van der Waals surface area contributed by atoms with Crippen molar-refractivity contribution in [3.8, 4) is 5.75 Å². The normalized spacial score (nSPS) is 10.8. The molecule has 3 aromatic rings. The SMILES string of the molecule is C=Cc1ccc(C(=O)Oc2ccc(NS(=O)(=O)c3ccccc3)cc2)cc1. The molecular weight excluding hydrogens is 362 g/mol. The number of rotatable bonds is 6. The molecule has 0 spiro atoms. The van der Waals surface area contributed by atoms with Crippen LogP contribution in [0.25, 0.3) is 6.08 Å². The molecule has 0 fully saturated rings. The maximum Gasteiger partial charge on any atom is 0.343 e. The predicted octanol–water partition coefficient (Wildman–Crippen LogP) is 4.35. The smallest absolute Gasteiger partial charge is 0.343 e. The van der Waals surface area contributed by atoms with Gasteiger partial charge in [0, 0.05) is 5.69 Å². The second-order valence-electron chi connectivity index (χ2n) is 5.66. The van der Waals surface area contributed by atoms with Gasteiger partial charge in [0.25, 0.3) is 10.0 Å². The van der Waals surface area contributed by atoms with Crippen molar-refractivity contribution in [2.24, 2.45) is 0 Å². The summed E-state index contributed by atoms with van der Waals surface area (Å²) in [6.45, 7) is 3.66. The topological polar surface area (TPSA) is 72.5 Å². The molecule has 3 rings (SSSR count). The molecule has 5 nitrogen and oxygen atoms in total. The number of carbonyl (C=O) groups excluding carboxylic acids is 1. The summed E-state index contributed by atoms with van der Waals surface area (Å²) in [5, 5.41) is 0. The van der Waals surface area contributed by atoms with Gasteiger partial charge < -0.3 is 4.74 Å². The molecule has 0 aliphatic carbocycles. The van der Waals surface area contributed by atoms with Gasteiger partial charge >= 0.3 is 5.97 Å². The van der Waals surface area contributed by atoms with Crippen molar-refractivity contribution in [3.05, 3.63) is 96.6 Å². The van der Waals surface area contributed by atoms with Gasteiger partial charge in [-0.05, 0) is 54.1 Å². The molecule has 1 N–H and O–H groups in total. The summed E-state index contributed by atoms with van der Waals surface area (Å²) in [4.78, 5) is 12.3. The van der Waals surface area contributed by atoms with Gasteiger partial charge in [-0.1, -0.05) is 43.0 Å². The van der Waals surface area contributed by atoms with Crippen molar-refractivity contribution < 1.29 is 17.9 Å². The minimum absolute atomic E-state index is 0.170. The Hall–Kier alpha value is -3.38. The number of hydrogen-bond donors (Lipinski definition) is 1. The molecule has 0 aliphatic rings. The molecule has 0 heterocycles. The first-order chi connectivity index (χ1) is 13.0. The summed E-state index contributed by atoms with van der Waals surface area (Å²) >= 11 is 0. The van der Waals surface area contributed by atoms with E-state index >= 15 is 0 Å². The number of benzene rings is 3. The summed E-state index contributed by atoms with van der Waals surface area (Å²) in [6, 6.07) is 21.0. The molecule has 3 aromatic carbocycles. The molecule has 0 saturated carbocycles. The van der Waals surface area contributed by atoms with Crippen LogP contribution in [-0.2, 0) is 10.0 Å². The fourth-order valence-corrected chi connectivity index (χ4v) is 3.41. The Morgan fingerprint density at radius 3 is 2.11 bits per heavy atom. The van der Waals surface area contributed by atoms with E-state index in [9.17, 15) is 13.2 Å². The van der Waals surface area contributed by atoms with E-state index in [4.69, 9.17) is 4.74 Å². The zero-order valence-electron chi connectivity index (χ0n) is 14.3. The number of sulfonamides is 1. The third-order valence-electron chi connectivity index (χ3n) is 3.75. The van der Waals surface area contributed by atoms with Crippen molar-refractivity contribution >= 4 is 27.8 Å². The van der Waals surface area contributed by atoms with E-state index in [1.165, 1.54) is 36.4 Å². The van der Waals surface area contributed by atoms with Crippen molar-refractivity contribution in [2.45, 2.75) is 4.90 Å². The maximum atomic E-state index is 12.3. The zero-order chi connectivity index (χ0) is 19.3. The molecule has 0 bridgehead atoms. The van der Waals surface area contributed by atoms with Crippen molar-refractivity contribution in [1.29, 1.82) is 0 Å². The van der Waals surface area contributed by atoms with E-state index in [0.717, 1.165) is 5.56 Å². The van der Waals surface area contributed by atoms with Crippen LogP contribution in [0.2, 0.25) is 0 Å². The van der Waals surface area contributed by atoms with Gasteiger partial charge in [0.15, 0.2) is 0 Å². The van der Waals surface area contributed by atoms with Gasteiger partial charge in [-0.25, -0.2) is 13.2 Å². The molecule has 136 valence electrons. The summed E-state index contributed by atoms with van der Waals surface area (Å²) in [7, 11) is -3.66. The Bertz CT molecular complexity index is 1040. The van der Waals surface area contributed by atoms with Crippen molar-refractivity contribution in [1.82, 2.24) is 0 Å². The monoisotopic (exact) mass is 379 g/mol. The minimum Gasteiger partial charge on any atom is -0.423 e. The third kappa shape index (κ3) is 4.62. The van der Waals surface area contributed by atoms with Crippen LogP contribution in [-0.4, -0.2) is 14.4 Å². The average Bonchev–Trinajstić information content (AvgIpc) is 2.70. The molecule has 0 atom stereocenters. The number of nitrogens with one attached hydrogen (secondary N) is 1. The zero-order valence-corrected chi connectivity index (χ0v) is 15.1. The lowest BCUT2D eigenvalue weighted by atomic mass is 10.1. The highest BCUT2D eigenvalue weighted by atomic mass is 32.2. The number of ether oxygens (including phenoxy) is 1. The van der Waals surface area contributed by atoms with Gasteiger partial charge in [0.05, 0.1) is 10.5 Å². The Labute approximate surface area is 158 Å². The van der Waals surface area contributed by atoms with E-state index in [-0.39, 0.29) is 4.90 Å². The molecule has 0 saturated heterocycles. The lowest BCUT2D eigenvalue weighted by Gasteiger charge is -2.09. The second-order valence-corrected chi connectivity index (χ2v) is 7.34. The summed E-state index contributed by atoms with van der Waals surface area (Å²) in [6.07, 6.45) is 1.68. The molecule has 0 aromatic heterocycles. The van der Waals surface area contributed by atoms with E-state index < -0.39 is 16.0 Å². The highest BCUT2D eigenvalue weighted by Crippen LogP contribution is 2.20. The van der Waals surface area contributed by atoms with Crippen LogP contribution in [0.5, 0.6) is 5.75 Å². The highest BCUT2D eigenvalue weighted by Gasteiger charge is 2.14. The van der Waals surface area contributed by atoms with E-state index in [1.54, 1.807) is 48.5 Å². The Morgan fingerprint density at radius 2 is 1.52 bits per heavy atom. The molecule has 6 heteroatoms. The van der Waals surface area contributed by atoms with Crippen LogP contribution in [0.4, 0.5) is 5.69 Å². The lowest BCUT2D eigenvalue weighted by Crippen LogP contribution is -2.13. The summed E-state index contributed by atoms with van der Waals surface area (Å²) < 4.78 is 32.4. The molecule has 0 radical (unpaired) electrons. The fourth-order valence-electron chi connectivity index (χ4n) is 2.33. The first-order valence-electron chi connectivity index (χ1n) is 8.10. The molecule has 27 heavy (non-hydrogen) atoms. The highest BCUT2D eigenvalue weighted by molar-refractivity contribution is 7.92. The van der Waals surface area contributed by atoms with Crippen LogP contribution >= 0.6 is 0 Å². The van der Waals surface area contributed by atoms with Gasteiger partial charge in [-0.15, -0.1) is 0 Å². The molecule has 0 amide bonds. The van der Waals surface area contributed by atoms with Crippen LogP contribution in [0.3, 0.4) is 0 Å². The van der Waals surface area contributed by atoms with E-state index in [0.29, 0.717) is 17.0 Å². The molecule has 0 aliphatic heterocycles. The van der Waals surface area contributed by atoms with Gasteiger partial charge in [0.2, 0.25) is 0 Å². The number of esters is 1. The van der Waals surface area contributed by atoms with Crippen LogP contribution in [0.1, 0.15) is 15.9 Å². The quantitative estimate of drug-likeness (QED) is 0.510.